The first-order valence-corrected chi connectivity index (χ1v) is 23.3. The first kappa shape index (κ1) is 38.8. The Bertz CT molecular complexity index is 4270. The van der Waals surface area contributed by atoms with E-state index in [0.717, 1.165) is 99.2 Å². The van der Waals surface area contributed by atoms with Crippen LogP contribution in [0.1, 0.15) is 0 Å². The summed E-state index contributed by atoms with van der Waals surface area (Å²) in [6.07, 6.45) is 0. The lowest BCUT2D eigenvalue weighted by molar-refractivity contribution is 0.673. The molecule has 0 saturated carbocycles. The third-order valence-electron chi connectivity index (χ3n) is 13.6. The Kier molecular flexibility index (Phi) is 8.79. The van der Waals surface area contributed by atoms with E-state index < -0.39 is 0 Å². The van der Waals surface area contributed by atoms with Gasteiger partial charge in [0.15, 0.2) is 22.8 Å². The van der Waals surface area contributed by atoms with Gasteiger partial charge in [-0.15, -0.1) is 0 Å². The van der Waals surface area contributed by atoms with Gasteiger partial charge >= 0.3 is 0 Å². The van der Waals surface area contributed by atoms with Crippen LogP contribution in [0.4, 0.5) is 0 Å². The minimum absolute atomic E-state index is 0.502. The van der Waals surface area contributed by atoms with Gasteiger partial charge in [0.1, 0.15) is 5.52 Å². The smallest absolute Gasteiger partial charge is 0.238 e. The summed E-state index contributed by atoms with van der Waals surface area (Å²) in [6, 6.07) is 83.1. The molecule has 0 unspecified atom stereocenters. The summed E-state index contributed by atoms with van der Waals surface area (Å²) in [5.41, 5.74) is 15.2. The Morgan fingerprint density at radius 1 is 0.275 bits per heavy atom. The molecule has 0 aliphatic carbocycles. The first-order valence-electron chi connectivity index (χ1n) is 23.3. The van der Waals surface area contributed by atoms with Crippen LogP contribution in [0, 0.1) is 0 Å². The molecule has 0 aliphatic rings. The van der Waals surface area contributed by atoms with E-state index >= 15 is 0 Å². The van der Waals surface area contributed by atoms with Gasteiger partial charge in [0.25, 0.3) is 0 Å². The van der Waals surface area contributed by atoms with Gasteiger partial charge in [0, 0.05) is 49.1 Å². The molecule has 0 aliphatic heterocycles. The predicted molar refractivity (Wildman–Crippen MR) is 283 cm³/mol. The molecule has 0 fully saturated rings. The minimum Gasteiger partial charge on any atom is -0.452 e. The SMILES string of the molecule is c1ccc(-c2ccc(-c3nc(-c4ccccc4-c4ccccc4)nc(-n4c5ccccc5c5ccc6c7ccc8c9ccccc9n(-c9ccc(-c%10ccccc%10)cc9)c8c7oc6c54)n3)cc2)cc1. The van der Waals surface area contributed by atoms with Crippen molar-refractivity contribution in [3.05, 3.63) is 237 Å². The van der Waals surface area contributed by atoms with Crippen LogP contribution in [0.2, 0.25) is 0 Å². The maximum atomic E-state index is 7.40. The second-order valence-electron chi connectivity index (χ2n) is 17.5. The van der Waals surface area contributed by atoms with Gasteiger partial charge in [-0.1, -0.05) is 200 Å². The molecule has 0 atom stereocenters. The largest absolute Gasteiger partial charge is 0.452 e. The molecule has 6 nitrogen and oxygen atoms in total. The number of fused-ring (bicyclic) bond motifs is 11. The molecule has 4 heterocycles. The van der Waals surface area contributed by atoms with E-state index in [2.05, 4.69) is 234 Å². The summed E-state index contributed by atoms with van der Waals surface area (Å²) >= 11 is 0. The van der Waals surface area contributed by atoms with Crippen molar-refractivity contribution >= 4 is 65.6 Å². The predicted octanol–water partition coefficient (Wildman–Crippen LogP) is 16.3. The van der Waals surface area contributed by atoms with E-state index in [1.54, 1.807) is 0 Å². The van der Waals surface area contributed by atoms with E-state index in [1.165, 1.54) is 16.5 Å². The van der Waals surface area contributed by atoms with Crippen LogP contribution in [0.5, 0.6) is 0 Å². The van der Waals surface area contributed by atoms with Crippen molar-refractivity contribution in [3.63, 3.8) is 0 Å². The van der Waals surface area contributed by atoms with Gasteiger partial charge in [-0.25, -0.2) is 4.98 Å². The highest BCUT2D eigenvalue weighted by Crippen LogP contribution is 2.45. The average Bonchev–Trinajstić information content (AvgIpc) is 4.10. The molecule has 6 heteroatoms. The van der Waals surface area contributed by atoms with Crippen molar-refractivity contribution in [2.45, 2.75) is 0 Å². The maximum Gasteiger partial charge on any atom is 0.238 e. The number of rotatable bonds is 7. The van der Waals surface area contributed by atoms with E-state index in [-0.39, 0.29) is 0 Å². The molecule has 0 radical (unpaired) electrons. The lowest BCUT2D eigenvalue weighted by Crippen LogP contribution is -2.07. The van der Waals surface area contributed by atoms with Crippen molar-refractivity contribution in [2.24, 2.45) is 0 Å². The van der Waals surface area contributed by atoms with Crippen LogP contribution in [0.15, 0.2) is 241 Å². The number of furan rings is 1. The Morgan fingerprint density at radius 3 is 1.29 bits per heavy atom. The zero-order valence-corrected chi connectivity index (χ0v) is 37.2. The molecule has 4 aromatic heterocycles. The molecule has 14 aromatic rings. The van der Waals surface area contributed by atoms with Crippen molar-refractivity contribution < 1.29 is 4.42 Å². The van der Waals surface area contributed by atoms with Crippen molar-refractivity contribution in [1.29, 1.82) is 0 Å². The molecule has 0 amide bonds. The van der Waals surface area contributed by atoms with Crippen LogP contribution >= 0.6 is 0 Å². The van der Waals surface area contributed by atoms with Gasteiger partial charge in [-0.2, -0.15) is 9.97 Å². The van der Waals surface area contributed by atoms with Crippen molar-refractivity contribution in [3.8, 4) is 67.8 Å². The molecular formula is C63H39N5O. The zero-order valence-electron chi connectivity index (χ0n) is 37.2. The summed E-state index contributed by atoms with van der Waals surface area (Å²) in [4.78, 5) is 16.1. The number of hydrogen-bond donors (Lipinski definition) is 0. The van der Waals surface area contributed by atoms with Crippen molar-refractivity contribution in [2.75, 3.05) is 0 Å². The molecule has 0 N–H and O–H groups in total. The fourth-order valence-electron chi connectivity index (χ4n) is 10.4. The fourth-order valence-corrected chi connectivity index (χ4v) is 10.4. The zero-order chi connectivity index (χ0) is 45.4. The van der Waals surface area contributed by atoms with E-state index in [0.29, 0.717) is 17.6 Å². The van der Waals surface area contributed by atoms with Crippen LogP contribution in [-0.2, 0) is 0 Å². The number of benzene rings is 10. The van der Waals surface area contributed by atoms with E-state index in [1.807, 2.05) is 12.1 Å². The normalized spacial score (nSPS) is 11.8. The van der Waals surface area contributed by atoms with Crippen LogP contribution in [0.3, 0.4) is 0 Å². The Balaban J connectivity index is 1.04. The van der Waals surface area contributed by atoms with E-state index in [4.69, 9.17) is 19.4 Å². The third kappa shape index (κ3) is 6.23. The highest BCUT2D eigenvalue weighted by atomic mass is 16.3. The quantitative estimate of drug-likeness (QED) is 0.160. The number of aromatic nitrogens is 5. The molecule has 10 aromatic carbocycles. The average molecular weight is 882 g/mol. The molecule has 322 valence electrons. The van der Waals surface area contributed by atoms with Gasteiger partial charge in [-0.05, 0) is 69.8 Å². The van der Waals surface area contributed by atoms with Crippen LogP contribution < -0.4 is 0 Å². The summed E-state index contributed by atoms with van der Waals surface area (Å²) in [7, 11) is 0. The molecule has 0 spiro atoms. The van der Waals surface area contributed by atoms with Gasteiger partial charge in [-0.3, -0.25) is 4.57 Å². The topological polar surface area (TPSA) is 61.7 Å². The lowest BCUT2D eigenvalue weighted by atomic mass is 9.99. The fraction of sp³-hybridized carbons (Fsp3) is 0. The summed E-state index contributed by atoms with van der Waals surface area (Å²) in [5, 5.41) is 6.47. The third-order valence-corrected chi connectivity index (χ3v) is 13.6. The Labute approximate surface area is 396 Å². The van der Waals surface area contributed by atoms with Crippen LogP contribution in [0.25, 0.3) is 133 Å². The summed E-state index contributed by atoms with van der Waals surface area (Å²) in [5.74, 6) is 1.65. The number of para-hydroxylation sites is 2. The molecule has 0 saturated heterocycles. The van der Waals surface area contributed by atoms with E-state index in [9.17, 15) is 0 Å². The number of nitrogens with zero attached hydrogens (tertiary/aromatic N) is 5. The Hall–Kier alpha value is -9.39. The highest BCUT2D eigenvalue weighted by Gasteiger charge is 2.25. The molecular weight excluding hydrogens is 843 g/mol. The standard InChI is InChI=1S/C63H39N5O/c1-4-16-40(17-5-1)42-28-30-45(31-29-42)61-64-62(54-25-11-10-22-47(54)44-20-8-3-9-21-44)66-63(65-61)68-56-27-15-13-24-49(56)51-37-39-53-52-38-36-50-48-23-12-14-26-55(48)67(57(50)59(52)69-60(53)58(51)68)46-34-32-43(33-35-46)41-18-6-2-7-19-41/h1-39H. The van der Waals surface area contributed by atoms with Crippen LogP contribution in [-0.4, -0.2) is 24.1 Å². The maximum absolute atomic E-state index is 7.40. The molecule has 14 rings (SSSR count). The second-order valence-corrected chi connectivity index (χ2v) is 17.5. The monoisotopic (exact) mass is 881 g/mol. The number of hydrogen-bond acceptors (Lipinski definition) is 4. The molecule has 69 heavy (non-hydrogen) atoms. The summed E-state index contributed by atoms with van der Waals surface area (Å²) in [6.45, 7) is 0. The minimum atomic E-state index is 0.502. The summed E-state index contributed by atoms with van der Waals surface area (Å²) < 4.78 is 11.9. The van der Waals surface area contributed by atoms with Crippen molar-refractivity contribution in [1.82, 2.24) is 24.1 Å². The lowest BCUT2D eigenvalue weighted by Gasteiger charge is -2.13. The second kappa shape index (κ2) is 15.6. The Morgan fingerprint density at radius 2 is 0.696 bits per heavy atom. The highest BCUT2D eigenvalue weighted by molar-refractivity contribution is 6.26. The molecule has 0 bridgehead atoms. The van der Waals surface area contributed by atoms with Gasteiger partial charge in [0.05, 0.1) is 16.6 Å². The first-order chi connectivity index (χ1) is 34.2. The van der Waals surface area contributed by atoms with Gasteiger partial charge < -0.3 is 8.98 Å². The van der Waals surface area contributed by atoms with Gasteiger partial charge in [0.2, 0.25) is 5.95 Å².